The van der Waals surface area contributed by atoms with E-state index in [-0.39, 0.29) is 68.2 Å². The molecular formula is C10H10Cl4N2V. The summed E-state index contributed by atoms with van der Waals surface area (Å²) in [7, 11) is 0. The molecule has 2 nitrogen and oxygen atoms in total. The van der Waals surface area contributed by atoms with Crippen molar-refractivity contribution in [3.63, 3.8) is 0 Å². The molecule has 17 heavy (non-hydrogen) atoms. The smallest absolute Gasteiger partial charge is 1.00 e. The summed E-state index contributed by atoms with van der Waals surface area (Å²) in [5.74, 6) is 0. The van der Waals surface area contributed by atoms with Crippen molar-refractivity contribution < 1.29 is 68.2 Å². The predicted molar refractivity (Wildman–Crippen MR) is 48.5 cm³/mol. The summed E-state index contributed by atoms with van der Waals surface area (Å²) in [6.07, 6.45) is 7.00. The standard InChI is InChI=1S/2C5H5N.4ClH.V/c2*1-2-4-6-5-3-1;;;;;/h2*1-5H;4*1H;/q;;;;;;+4/p-4. The van der Waals surface area contributed by atoms with Gasteiger partial charge in [0.15, 0.2) is 0 Å². The quantitative estimate of drug-likeness (QED) is 0.471. The van der Waals surface area contributed by atoms with E-state index < -0.39 is 0 Å². The fourth-order valence-corrected chi connectivity index (χ4v) is 0.625. The van der Waals surface area contributed by atoms with Crippen molar-refractivity contribution in [3.05, 3.63) is 61.2 Å². The average Bonchev–Trinajstić information content (AvgIpc) is 2.24. The fraction of sp³-hybridized carbons (Fsp3) is 0. The van der Waals surface area contributed by atoms with Gasteiger partial charge in [0.1, 0.15) is 0 Å². The van der Waals surface area contributed by atoms with Crippen LogP contribution < -0.4 is 49.6 Å². The Labute approximate surface area is 139 Å². The van der Waals surface area contributed by atoms with Crippen LogP contribution in [0.2, 0.25) is 0 Å². The van der Waals surface area contributed by atoms with Crippen molar-refractivity contribution in [2.45, 2.75) is 0 Å². The second-order valence-electron chi connectivity index (χ2n) is 2.05. The molecule has 0 fully saturated rings. The number of rotatable bonds is 0. The van der Waals surface area contributed by atoms with Gasteiger partial charge >= 0.3 is 18.6 Å². The molecule has 7 heteroatoms. The number of aromatic nitrogens is 2. The van der Waals surface area contributed by atoms with Gasteiger partial charge in [-0.3, -0.25) is 9.97 Å². The van der Waals surface area contributed by atoms with Crippen LogP contribution in [0.4, 0.5) is 0 Å². The Balaban J connectivity index is -0.0000000436. The first-order valence-electron chi connectivity index (χ1n) is 3.70. The molecule has 0 N–H and O–H groups in total. The van der Waals surface area contributed by atoms with Crippen molar-refractivity contribution in [2.24, 2.45) is 0 Å². The topological polar surface area (TPSA) is 25.8 Å². The van der Waals surface area contributed by atoms with Gasteiger partial charge in [0, 0.05) is 24.8 Å². The minimum atomic E-state index is 0. The van der Waals surface area contributed by atoms with Gasteiger partial charge in [-0.15, -0.1) is 0 Å². The molecule has 0 aromatic carbocycles. The molecule has 2 aromatic heterocycles. The van der Waals surface area contributed by atoms with E-state index in [1.165, 1.54) is 0 Å². The van der Waals surface area contributed by atoms with Crippen LogP contribution in [-0.4, -0.2) is 9.97 Å². The van der Waals surface area contributed by atoms with E-state index in [0.29, 0.717) is 0 Å². The molecule has 0 aliphatic carbocycles. The van der Waals surface area contributed by atoms with Gasteiger partial charge in [-0.2, -0.15) is 0 Å². The van der Waals surface area contributed by atoms with Crippen LogP contribution in [0.3, 0.4) is 0 Å². The minimum Gasteiger partial charge on any atom is -1.00 e. The number of hydrogen-bond acceptors (Lipinski definition) is 2. The van der Waals surface area contributed by atoms with Crippen molar-refractivity contribution in [1.29, 1.82) is 0 Å². The number of pyridine rings is 2. The van der Waals surface area contributed by atoms with E-state index in [0.717, 1.165) is 0 Å². The second kappa shape index (κ2) is 25.0. The third-order valence-electron chi connectivity index (χ3n) is 1.13. The number of hydrogen-bond donors (Lipinski definition) is 0. The van der Waals surface area contributed by atoms with Crippen LogP contribution >= 0.6 is 0 Å². The zero-order valence-electron chi connectivity index (χ0n) is 8.63. The van der Waals surface area contributed by atoms with Crippen LogP contribution in [0.1, 0.15) is 0 Å². The largest absolute Gasteiger partial charge is 4.00 e. The molecule has 2 rings (SSSR count). The first-order valence-corrected chi connectivity index (χ1v) is 3.70. The summed E-state index contributed by atoms with van der Waals surface area (Å²) >= 11 is 0. The maximum Gasteiger partial charge on any atom is 4.00 e. The van der Waals surface area contributed by atoms with Crippen LogP contribution in [0, 0.1) is 0 Å². The SMILES string of the molecule is [Cl-].[Cl-].[Cl-].[Cl-].[V+4].c1ccncc1.c1ccncc1. The summed E-state index contributed by atoms with van der Waals surface area (Å²) in [5.41, 5.74) is 0. The van der Waals surface area contributed by atoms with E-state index in [1.54, 1.807) is 24.8 Å². The minimum absolute atomic E-state index is 0. The summed E-state index contributed by atoms with van der Waals surface area (Å²) in [5, 5.41) is 0. The first-order chi connectivity index (χ1) is 6.00. The maximum absolute atomic E-state index is 3.78. The molecule has 0 atom stereocenters. The van der Waals surface area contributed by atoms with Gasteiger partial charge in [0.2, 0.25) is 0 Å². The van der Waals surface area contributed by atoms with Crippen LogP contribution in [0.25, 0.3) is 0 Å². The van der Waals surface area contributed by atoms with Crippen molar-refractivity contribution in [2.75, 3.05) is 0 Å². The van der Waals surface area contributed by atoms with E-state index >= 15 is 0 Å². The van der Waals surface area contributed by atoms with Gasteiger partial charge in [0.05, 0.1) is 0 Å². The summed E-state index contributed by atoms with van der Waals surface area (Å²) < 4.78 is 0. The molecule has 0 spiro atoms. The predicted octanol–water partition coefficient (Wildman–Crippen LogP) is -9.82. The Morgan fingerprint density at radius 2 is 0.647 bits per heavy atom. The van der Waals surface area contributed by atoms with Gasteiger partial charge in [-0.05, 0) is 24.3 Å². The van der Waals surface area contributed by atoms with E-state index in [9.17, 15) is 0 Å². The monoisotopic (exact) mass is 349 g/mol. The van der Waals surface area contributed by atoms with Crippen LogP contribution in [-0.2, 0) is 18.6 Å². The van der Waals surface area contributed by atoms with E-state index in [4.69, 9.17) is 0 Å². The summed E-state index contributed by atoms with van der Waals surface area (Å²) in [6, 6.07) is 11.4. The van der Waals surface area contributed by atoms with E-state index in [1.807, 2.05) is 36.4 Å². The van der Waals surface area contributed by atoms with E-state index in [2.05, 4.69) is 9.97 Å². The normalized spacial score (nSPS) is 5.65. The Hall–Kier alpha value is 0.0444. The zero-order chi connectivity index (χ0) is 8.49. The molecule has 0 saturated heterocycles. The molecule has 0 aliphatic heterocycles. The molecular weight excluding hydrogens is 341 g/mol. The zero-order valence-corrected chi connectivity index (χ0v) is 13.0. The number of nitrogens with zero attached hydrogens (tertiary/aromatic N) is 2. The van der Waals surface area contributed by atoms with Crippen molar-refractivity contribution >= 4 is 0 Å². The average molecular weight is 351 g/mol. The first kappa shape index (κ1) is 30.2. The van der Waals surface area contributed by atoms with Gasteiger partial charge in [0.25, 0.3) is 0 Å². The van der Waals surface area contributed by atoms with Gasteiger partial charge < -0.3 is 49.6 Å². The maximum atomic E-state index is 3.78. The molecule has 2 heterocycles. The Kier molecular flexibility index (Phi) is 44.5. The summed E-state index contributed by atoms with van der Waals surface area (Å²) in [6.45, 7) is 0. The molecule has 0 saturated carbocycles. The molecule has 0 amide bonds. The van der Waals surface area contributed by atoms with Crippen LogP contribution in [0.5, 0.6) is 0 Å². The Morgan fingerprint density at radius 1 is 0.412 bits per heavy atom. The third-order valence-corrected chi connectivity index (χ3v) is 1.13. The number of halogens is 4. The second-order valence-corrected chi connectivity index (χ2v) is 2.05. The molecule has 0 aliphatic rings. The molecule has 2 aromatic rings. The fourth-order valence-electron chi connectivity index (χ4n) is 0.625. The van der Waals surface area contributed by atoms with Gasteiger partial charge in [-0.1, -0.05) is 12.1 Å². The summed E-state index contributed by atoms with van der Waals surface area (Å²) in [4.78, 5) is 7.57. The van der Waals surface area contributed by atoms with Gasteiger partial charge in [-0.25, -0.2) is 0 Å². The molecule has 0 unspecified atom stereocenters. The molecule has 93 valence electrons. The Morgan fingerprint density at radius 3 is 0.706 bits per heavy atom. The Bertz CT molecular complexity index is 202. The molecule has 0 bridgehead atoms. The third kappa shape index (κ3) is 21.8. The van der Waals surface area contributed by atoms with Crippen molar-refractivity contribution in [1.82, 2.24) is 9.97 Å². The van der Waals surface area contributed by atoms with Crippen molar-refractivity contribution in [3.8, 4) is 0 Å². The molecule has 1 radical (unpaired) electrons. The van der Waals surface area contributed by atoms with Crippen LogP contribution in [0.15, 0.2) is 61.2 Å².